The van der Waals surface area contributed by atoms with Crippen molar-refractivity contribution in [3.05, 3.63) is 61.1 Å². The minimum Gasteiger partial charge on any atom is -0.319 e. The van der Waals surface area contributed by atoms with E-state index in [-0.39, 0.29) is 11.1 Å². The van der Waals surface area contributed by atoms with Crippen LogP contribution in [0.5, 0.6) is 0 Å². The number of amides is 1. The summed E-state index contributed by atoms with van der Waals surface area (Å²) in [7, 11) is -3.39. The number of nitrogens with one attached hydrogen (secondary N) is 2. The van der Waals surface area contributed by atoms with Gasteiger partial charge in [-0.05, 0) is 49.9 Å². The monoisotopic (exact) mass is 475 g/mol. The molecule has 6 rings (SSSR count). The van der Waals surface area contributed by atoms with Gasteiger partial charge in [-0.25, -0.2) is 18.4 Å². The second-order valence-corrected chi connectivity index (χ2v) is 10.6. The Morgan fingerprint density at radius 1 is 1.06 bits per heavy atom. The number of pyridine rings is 1. The maximum absolute atomic E-state index is 13.0. The average Bonchev–Trinajstić information content (AvgIpc) is 3.77. The molecule has 2 saturated carbocycles. The van der Waals surface area contributed by atoms with Gasteiger partial charge in [-0.3, -0.25) is 19.2 Å². The highest BCUT2D eigenvalue weighted by Gasteiger charge is 2.35. The van der Waals surface area contributed by atoms with Gasteiger partial charge in [-0.2, -0.15) is 5.10 Å². The second kappa shape index (κ2) is 7.87. The van der Waals surface area contributed by atoms with Crippen LogP contribution in [0.15, 0.2) is 55.2 Å². The van der Waals surface area contributed by atoms with Crippen LogP contribution < -0.4 is 10.0 Å². The van der Waals surface area contributed by atoms with Crippen molar-refractivity contribution in [2.24, 2.45) is 0 Å². The topological polar surface area (TPSA) is 132 Å². The van der Waals surface area contributed by atoms with Gasteiger partial charge in [0, 0.05) is 41.3 Å². The molecule has 1 aromatic carbocycles. The van der Waals surface area contributed by atoms with Crippen molar-refractivity contribution >= 4 is 38.2 Å². The highest BCUT2D eigenvalue weighted by molar-refractivity contribution is 7.93. The number of carbonyl (C=O) groups excluding carboxylic acids is 1. The lowest BCUT2D eigenvalue weighted by Crippen LogP contribution is -2.17. The molecule has 3 aromatic heterocycles. The fourth-order valence-electron chi connectivity index (χ4n) is 3.75. The van der Waals surface area contributed by atoms with Crippen molar-refractivity contribution in [1.29, 1.82) is 0 Å². The Hall–Kier alpha value is -3.86. The number of hydrogen-bond acceptors (Lipinski definition) is 7. The van der Waals surface area contributed by atoms with Gasteiger partial charge in [0.15, 0.2) is 0 Å². The summed E-state index contributed by atoms with van der Waals surface area (Å²) in [6, 6.07) is 7.16. The first-order valence-electron chi connectivity index (χ1n) is 11.0. The molecule has 0 aliphatic heterocycles. The van der Waals surface area contributed by atoms with Gasteiger partial charge >= 0.3 is 0 Å². The van der Waals surface area contributed by atoms with E-state index in [1.54, 1.807) is 49.1 Å². The van der Waals surface area contributed by atoms with E-state index in [4.69, 9.17) is 0 Å². The standard InChI is InChI=1S/C23H21N7O3S/c31-23(28-20-7-8-24-12-19(20)15-11-26-30(13-15)17-3-4-17)22-25-10-14-1-2-16(9-21(14)27-22)29-34(32,33)18-5-6-18/h1-2,7-13,17-18,29H,3-6H2,(H,24,28,31). The SMILES string of the molecule is O=C(Nc1ccncc1-c1cnn(C2CC2)c1)c1ncc2ccc(NS(=O)(=O)C3CC3)cc2n1. The van der Waals surface area contributed by atoms with Gasteiger partial charge in [-0.1, -0.05) is 0 Å². The summed E-state index contributed by atoms with van der Waals surface area (Å²) in [4.78, 5) is 25.7. The first-order chi connectivity index (χ1) is 16.5. The fraction of sp³-hybridized carbons (Fsp3) is 0.261. The Morgan fingerprint density at radius 2 is 1.91 bits per heavy atom. The van der Waals surface area contributed by atoms with Gasteiger partial charge in [0.1, 0.15) is 0 Å². The molecular weight excluding hydrogens is 454 g/mol. The Morgan fingerprint density at radius 3 is 2.71 bits per heavy atom. The third-order valence-electron chi connectivity index (χ3n) is 5.91. The lowest BCUT2D eigenvalue weighted by atomic mass is 10.1. The Labute approximate surface area is 195 Å². The molecule has 0 unspecified atom stereocenters. The van der Waals surface area contributed by atoms with E-state index in [1.165, 1.54) is 0 Å². The largest absolute Gasteiger partial charge is 0.319 e. The first kappa shape index (κ1) is 20.7. The fourth-order valence-corrected chi connectivity index (χ4v) is 5.13. The van der Waals surface area contributed by atoms with Crippen molar-refractivity contribution in [2.75, 3.05) is 10.0 Å². The Balaban J connectivity index is 1.26. The van der Waals surface area contributed by atoms with E-state index in [0.717, 1.165) is 24.0 Å². The number of aromatic nitrogens is 5. The minimum absolute atomic E-state index is 0.0221. The van der Waals surface area contributed by atoms with Gasteiger partial charge < -0.3 is 5.32 Å². The van der Waals surface area contributed by atoms with E-state index in [2.05, 4.69) is 30.1 Å². The van der Waals surface area contributed by atoms with Crippen molar-refractivity contribution in [3.8, 4) is 11.1 Å². The Kier molecular flexibility index (Phi) is 4.80. The quantitative estimate of drug-likeness (QED) is 0.419. The molecule has 34 heavy (non-hydrogen) atoms. The predicted molar refractivity (Wildman–Crippen MR) is 127 cm³/mol. The van der Waals surface area contributed by atoms with E-state index in [1.807, 2.05) is 10.9 Å². The molecule has 2 aliphatic carbocycles. The highest BCUT2D eigenvalue weighted by Crippen LogP contribution is 2.36. The number of carbonyl (C=O) groups is 1. The molecule has 172 valence electrons. The molecule has 0 saturated heterocycles. The maximum Gasteiger partial charge on any atom is 0.293 e. The third kappa shape index (κ3) is 4.10. The van der Waals surface area contributed by atoms with Crippen LogP contribution in [0.1, 0.15) is 42.3 Å². The van der Waals surface area contributed by atoms with Crippen molar-refractivity contribution < 1.29 is 13.2 Å². The molecular formula is C23H21N7O3S. The van der Waals surface area contributed by atoms with E-state index in [0.29, 0.717) is 41.2 Å². The average molecular weight is 476 g/mol. The number of benzene rings is 1. The first-order valence-corrected chi connectivity index (χ1v) is 12.6. The molecule has 0 bridgehead atoms. The summed E-state index contributed by atoms with van der Waals surface area (Å²) >= 11 is 0. The van der Waals surface area contributed by atoms with Crippen LogP contribution >= 0.6 is 0 Å². The Bertz CT molecular complexity index is 1520. The van der Waals surface area contributed by atoms with Gasteiger partial charge in [0.05, 0.1) is 34.4 Å². The van der Waals surface area contributed by atoms with Gasteiger partial charge in [-0.15, -0.1) is 0 Å². The summed E-state index contributed by atoms with van der Waals surface area (Å²) in [6.07, 6.45) is 12.2. The highest BCUT2D eigenvalue weighted by atomic mass is 32.2. The molecule has 2 N–H and O–H groups in total. The number of nitrogens with zero attached hydrogens (tertiary/aromatic N) is 5. The van der Waals surface area contributed by atoms with Crippen LogP contribution in [0.3, 0.4) is 0 Å². The normalized spacial score (nSPS) is 15.9. The molecule has 11 heteroatoms. The number of anilines is 2. The summed E-state index contributed by atoms with van der Waals surface area (Å²) < 4.78 is 29.0. The predicted octanol–water partition coefficient (Wildman–Crippen LogP) is 3.38. The lowest BCUT2D eigenvalue weighted by molar-refractivity contribution is 0.101. The van der Waals surface area contributed by atoms with Crippen molar-refractivity contribution in [3.63, 3.8) is 0 Å². The van der Waals surface area contributed by atoms with E-state index < -0.39 is 15.9 Å². The zero-order chi connectivity index (χ0) is 23.3. The van der Waals surface area contributed by atoms with Crippen LogP contribution in [0.25, 0.3) is 22.0 Å². The van der Waals surface area contributed by atoms with E-state index in [9.17, 15) is 13.2 Å². The van der Waals surface area contributed by atoms with Crippen LogP contribution in [0.2, 0.25) is 0 Å². The number of hydrogen-bond donors (Lipinski definition) is 2. The van der Waals surface area contributed by atoms with Gasteiger partial charge in [0.25, 0.3) is 5.91 Å². The smallest absolute Gasteiger partial charge is 0.293 e. The van der Waals surface area contributed by atoms with Crippen LogP contribution in [0.4, 0.5) is 11.4 Å². The van der Waals surface area contributed by atoms with Crippen molar-refractivity contribution in [2.45, 2.75) is 37.0 Å². The molecule has 1 amide bonds. The molecule has 2 fully saturated rings. The van der Waals surface area contributed by atoms with Crippen LogP contribution in [-0.2, 0) is 10.0 Å². The molecule has 2 aliphatic rings. The number of rotatable bonds is 7. The molecule has 0 atom stereocenters. The molecule has 10 nitrogen and oxygen atoms in total. The number of fused-ring (bicyclic) bond motifs is 1. The maximum atomic E-state index is 13.0. The summed E-state index contributed by atoms with van der Waals surface area (Å²) in [5, 5.41) is 7.65. The second-order valence-electron chi connectivity index (χ2n) is 8.63. The zero-order valence-electron chi connectivity index (χ0n) is 18.0. The van der Waals surface area contributed by atoms with Crippen molar-refractivity contribution in [1.82, 2.24) is 24.7 Å². The van der Waals surface area contributed by atoms with E-state index >= 15 is 0 Å². The third-order valence-corrected chi connectivity index (χ3v) is 7.78. The molecule has 0 spiro atoms. The minimum atomic E-state index is -3.39. The lowest BCUT2D eigenvalue weighted by Gasteiger charge is -2.10. The molecule has 0 radical (unpaired) electrons. The summed E-state index contributed by atoms with van der Waals surface area (Å²) in [6.45, 7) is 0. The summed E-state index contributed by atoms with van der Waals surface area (Å²) in [5.74, 6) is -0.501. The summed E-state index contributed by atoms with van der Waals surface area (Å²) in [5.41, 5.74) is 3.07. The van der Waals surface area contributed by atoms with Crippen LogP contribution in [-0.4, -0.2) is 44.3 Å². The zero-order valence-corrected chi connectivity index (χ0v) is 18.9. The molecule has 3 heterocycles. The van der Waals surface area contributed by atoms with Gasteiger partial charge in [0.2, 0.25) is 15.8 Å². The molecule has 4 aromatic rings. The van der Waals surface area contributed by atoms with Crippen LogP contribution in [0, 0.1) is 0 Å². The number of sulfonamides is 1.